The number of thiophene rings is 2. The Hall–Kier alpha value is -4.01. The zero-order chi connectivity index (χ0) is 26.6. The molecule has 1 N–H and O–H groups in total. The quantitative estimate of drug-likeness (QED) is 0.255. The second-order valence-corrected chi connectivity index (χ2v) is 10.9. The van der Waals surface area contributed by atoms with E-state index in [4.69, 9.17) is 9.47 Å². The van der Waals surface area contributed by atoms with E-state index in [1.807, 2.05) is 30.3 Å². The first-order valence-electron chi connectivity index (χ1n) is 12.1. The van der Waals surface area contributed by atoms with Gasteiger partial charge in [0, 0.05) is 4.88 Å². The van der Waals surface area contributed by atoms with E-state index in [0.717, 1.165) is 47.5 Å². The van der Waals surface area contributed by atoms with Crippen LogP contribution in [0, 0.1) is 18.3 Å². The van der Waals surface area contributed by atoms with Gasteiger partial charge in [0.2, 0.25) is 5.91 Å². The minimum Gasteiger partial charge on any atom is -0.490 e. The summed E-state index contributed by atoms with van der Waals surface area (Å²) in [5.41, 5.74) is 1.59. The van der Waals surface area contributed by atoms with Gasteiger partial charge in [-0.25, -0.2) is 9.78 Å². The molecule has 1 aromatic carbocycles. The van der Waals surface area contributed by atoms with E-state index in [1.54, 1.807) is 6.92 Å². The molecule has 4 aromatic rings. The lowest BCUT2D eigenvalue weighted by Gasteiger charge is -2.09. The van der Waals surface area contributed by atoms with Crippen LogP contribution in [0.5, 0.6) is 5.75 Å². The summed E-state index contributed by atoms with van der Waals surface area (Å²) in [5.74, 6) is -0.302. The molecule has 0 fully saturated rings. The molecule has 11 heteroatoms. The third-order valence-corrected chi connectivity index (χ3v) is 8.67. The largest absolute Gasteiger partial charge is 0.490 e. The molecular weight excluding hydrogens is 524 g/mol. The Morgan fingerprint density at radius 3 is 2.74 bits per heavy atom. The summed E-state index contributed by atoms with van der Waals surface area (Å²) >= 11 is 2.51. The second kappa shape index (κ2) is 11.2. The Bertz CT molecular complexity index is 1610. The van der Waals surface area contributed by atoms with E-state index in [2.05, 4.69) is 16.4 Å². The van der Waals surface area contributed by atoms with Crippen LogP contribution in [-0.2, 0) is 28.9 Å². The van der Waals surface area contributed by atoms with Crippen molar-refractivity contribution < 1.29 is 19.1 Å². The monoisotopic (exact) mass is 548 g/mol. The zero-order valence-electron chi connectivity index (χ0n) is 20.6. The number of ether oxygens (including phenoxy) is 2. The number of nitriles is 1. The van der Waals surface area contributed by atoms with Crippen molar-refractivity contribution in [1.29, 1.82) is 5.26 Å². The van der Waals surface area contributed by atoms with Gasteiger partial charge in [-0.3, -0.25) is 14.2 Å². The van der Waals surface area contributed by atoms with Crippen molar-refractivity contribution in [3.05, 3.63) is 73.5 Å². The van der Waals surface area contributed by atoms with Crippen LogP contribution in [0.3, 0.4) is 0 Å². The van der Waals surface area contributed by atoms with E-state index in [-0.39, 0.29) is 30.0 Å². The summed E-state index contributed by atoms with van der Waals surface area (Å²) in [5, 5.41) is 13.2. The molecule has 3 aromatic heterocycles. The summed E-state index contributed by atoms with van der Waals surface area (Å²) in [6.07, 6.45) is 5.15. The number of aromatic nitrogens is 2. The van der Waals surface area contributed by atoms with Crippen LogP contribution in [0.2, 0.25) is 0 Å². The number of aryl methyl sites for hydroxylation is 2. The third kappa shape index (κ3) is 5.18. The molecule has 3 heterocycles. The predicted molar refractivity (Wildman–Crippen MR) is 145 cm³/mol. The third-order valence-electron chi connectivity index (χ3n) is 6.28. The Balaban J connectivity index is 1.27. The molecule has 0 spiro atoms. The van der Waals surface area contributed by atoms with Crippen molar-refractivity contribution in [1.82, 2.24) is 9.55 Å². The van der Waals surface area contributed by atoms with E-state index in [0.29, 0.717) is 26.7 Å². The lowest BCUT2D eigenvalue weighted by atomic mass is 9.96. The average molecular weight is 549 g/mol. The summed E-state index contributed by atoms with van der Waals surface area (Å²) in [6.45, 7) is 1.65. The van der Waals surface area contributed by atoms with Gasteiger partial charge in [0.1, 0.15) is 46.3 Å². The number of rotatable bonds is 8. The number of carbonyl (C=O) groups is 2. The molecule has 194 valence electrons. The van der Waals surface area contributed by atoms with Crippen molar-refractivity contribution in [2.75, 3.05) is 18.5 Å². The van der Waals surface area contributed by atoms with Gasteiger partial charge < -0.3 is 14.8 Å². The number of fused-ring (bicyclic) bond motifs is 2. The van der Waals surface area contributed by atoms with Crippen LogP contribution >= 0.6 is 22.7 Å². The normalized spacial score (nSPS) is 12.5. The van der Waals surface area contributed by atoms with Crippen molar-refractivity contribution in [2.24, 2.45) is 0 Å². The predicted octanol–water partition coefficient (Wildman–Crippen LogP) is 4.45. The van der Waals surface area contributed by atoms with Gasteiger partial charge >= 0.3 is 5.97 Å². The molecule has 38 heavy (non-hydrogen) atoms. The highest BCUT2D eigenvalue weighted by Gasteiger charge is 2.23. The standard InChI is InChI=1S/C27H24N4O5S2/c1-16-22-25(38-23(16)27(34)36-12-11-35-17-7-3-2-4-8-17)29-15-31(26(22)33)14-21(32)30-24-19(13-28)18-9-5-6-10-20(18)37-24/h2-4,7-8,15H,5-6,9-12,14H2,1H3,(H,30,32). The van der Waals surface area contributed by atoms with Crippen LogP contribution in [-0.4, -0.2) is 34.6 Å². The zero-order valence-corrected chi connectivity index (χ0v) is 22.2. The van der Waals surface area contributed by atoms with Gasteiger partial charge in [-0.15, -0.1) is 22.7 Å². The van der Waals surface area contributed by atoms with Crippen molar-refractivity contribution in [3.8, 4) is 11.8 Å². The SMILES string of the molecule is Cc1c(C(=O)OCCOc2ccccc2)sc2ncn(CC(=O)Nc3sc4c(c3C#N)CCCC4)c(=O)c12. The fourth-order valence-corrected chi connectivity index (χ4v) is 6.72. The maximum absolute atomic E-state index is 13.2. The van der Waals surface area contributed by atoms with E-state index >= 15 is 0 Å². The van der Waals surface area contributed by atoms with Gasteiger partial charge in [0.25, 0.3) is 5.56 Å². The number of nitrogens with zero attached hydrogens (tertiary/aromatic N) is 3. The first-order valence-corrected chi connectivity index (χ1v) is 13.8. The van der Waals surface area contributed by atoms with Crippen molar-refractivity contribution in [2.45, 2.75) is 39.2 Å². The number of anilines is 1. The molecule has 0 atom stereocenters. The van der Waals surface area contributed by atoms with Crippen LogP contribution < -0.4 is 15.6 Å². The molecule has 5 rings (SSSR count). The summed E-state index contributed by atoms with van der Waals surface area (Å²) < 4.78 is 12.1. The Morgan fingerprint density at radius 1 is 1.16 bits per heavy atom. The Labute approximate surface area is 226 Å². The number of hydrogen-bond donors (Lipinski definition) is 1. The highest BCUT2D eigenvalue weighted by atomic mass is 32.1. The average Bonchev–Trinajstić information content (AvgIpc) is 3.45. The summed E-state index contributed by atoms with van der Waals surface area (Å²) in [6, 6.07) is 11.4. The number of benzene rings is 1. The lowest BCUT2D eigenvalue weighted by Crippen LogP contribution is -2.27. The van der Waals surface area contributed by atoms with Gasteiger partial charge in [-0.2, -0.15) is 5.26 Å². The number of nitrogens with one attached hydrogen (secondary N) is 1. The minimum atomic E-state index is -0.559. The molecule has 0 aliphatic heterocycles. The molecule has 9 nitrogen and oxygen atoms in total. The van der Waals surface area contributed by atoms with E-state index < -0.39 is 17.4 Å². The van der Waals surface area contributed by atoms with Crippen molar-refractivity contribution >= 4 is 49.8 Å². The fraction of sp³-hybridized carbons (Fsp3) is 0.296. The van der Waals surface area contributed by atoms with Gasteiger partial charge in [-0.05, 0) is 55.9 Å². The number of esters is 1. The maximum Gasteiger partial charge on any atom is 0.348 e. The van der Waals surface area contributed by atoms with Crippen LogP contribution in [0.15, 0.2) is 41.5 Å². The van der Waals surface area contributed by atoms with Gasteiger partial charge in [0.05, 0.1) is 17.3 Å². The first-order chi connectivity index (χ1) is 18.5. The second-order valence-electron chi connectivity index (χ2n) is 8.79. The topological polar surface area (TPSA) is 123 Å². The maximum atomic E-state index is 13.2. The Kier molecular flexibility index (Phi) is 7.53. The molecule has 0 saturated heterocycles. The fourth-order valence-electron chi connectivity index (χ4n) is 4.44. The highest BCUT2D eigenvalue weighted by molar-refractivity contribution is 7.20. The van der Waals surface area contributed by atoms with E-state index in [9.17, 15) is 19.6 Å². The van der Waals surface area contributed by atoms with Crippen LogP contribution in [0.25, 0.3) is 10.2 Å². The van der Waals surface area contributed by atoms with E-state index in [1.165, 1.54) is 22.2 Å². The molecule has 1 amide bonds. The van der Waals surface area contributed by atoms with Gasteiger partial charge in [0.15, 0.2) is 0 Å². The highest BCUT2D eigenvalue weighted by Crippen LogP contribution is 2.37. The molecule has 0 unspecified atom stereocenters. The van der Waals surface area contributed by atoms with Crippen LogP contribution in [0.1, 0.15) is 44.1 Å². The molecule has 0 radical (unpaired) electrons. The lowest BCUT2D eigenvalue weighted by molar-refractivity contribution is -0.116. The number of amides is 1. The first kappa shape index (κ1) is 25.6. The number of carbonyl (C=O) groups excluding carboxylic acids is 2. The van der Waals surface area contributed by atoms with Gasteiger partial charge in [-0.1, -0.05) is 18.2 Å². The van der Waals surface area contributed by atoms with Crippen molar-refractivity contribution in [3.63, 3.8) is 0 Å². The number of para-hydroxylation sites is 1. The summed E-state index contributed by atoms with van der Waals surface area (Å²) in [4.78, 5) is 44.8. The summed E-state index contributed by atoms with van der Waals surface area (Å²) in [7, 11) is 0. The molecular formula is C27H24N4O5S2. The molecule has 1 aliphatic rings. The minimum absolute atomic E-state index is 0.0517. The number of hydrogen-bond acceptors (Lipinski definition) is 9. The molecule has 1 aliphatic carbocycles. The molecule has 0 bridgehead atoms. The Morgan fingerprint density at radius 2 is 1.95 bits per heavy atom. The molecule has 0 saturated carbocycles. The smallest absolute Gasteiger partial charge is 0.348 e. The van der Waals surface area contributed by atoms with Crippen LogP contribution in [0.4, 0.5) is 5.00 Å².